The molecule has 3 saturated carbocycles. The molecule has 59 heavy (non-hydrogen) atoms. The van der Waals surface area contributed by atoms with Crippen LogP contribution < -0.4 is 0 Å². The Balaban J connectivity index is 1.24. The summed E-state index contributed by atoms with van der Waals surface area (Å²) in [5.41, 5.74) is 1.39. The van der Waals surface area contributed by atoms with Gasteiger partial charge in [0.15, 0.2) is 6.29 Å². The summed E-state index contributed by atoms with van der Waals surface area (Å²) in [6, 6.07) is 0. The maximum absolute atomic E-state index is 13.7. The largest absolute Gasteiger partial charge is 0.431 e. The fourth-order valence-corrected chi connectivity index (χ4v) is 13.4. The molecular weight excluding hydrogens is 741 g/mol. The van der Waals surface area contributed by atoms with Crippen molar-refractivity contribution in [2.45, 2.75) is 246 Å². The van der Waals surface area contributed by atoms with Crippen molar-refractivity contribution in [3.63, 3.8) is 0 Å². The van der Waals surface area contributed by atoms with Crippen LogP contribution >= 0.6 is 0 Å². The van der Waals surface area contributed by atoms with Gasteiger partial charge in [-0.15, -0.1) is 0 Å². The van der Waals surface area contributed by atoms with Crippen molar-refractivity contribution in [2.75, 3.05) is 6.61 Å². The molecule has 4 aliphatic carbocycles. The number of hydrogen-bond acceptors (Lipinski definition) is 8. The Morgan fingerprint density at radius 3 is 2.02 bits per heavy atom. The SMILES string of the molecule is CCCCCCCCCCCCCCCC(=O)OC1=C2CC(OC3OC(CO)C(O)C(O)C3O)CCC2(C)C2CCC3(C)C(C(C)CCC(CC)C(C)C)CCC3C2C1. The summed E-state index contributed by atoms with van der Waals surface area (Å²) in [5.74, 6) is 5.38. The Labute approximate surface area is 360 Å². The number of aliphatic hydroxyl groups excluding tert-OH is 4. The minimum Gasteiger partial charge on any atom is -0.431 e. The summed E-state index contributed by atoms with van der Waals surface area (Å²) < 4.78 is 18.7. The van der Waals surface area contributed by atoms with Crippen LogP contribution in [0.15, 0.2) is 11.3 Å². The van der Waals surface area contributed by atoms with Crippen LogP contribution in [0.25, 0.3) is 0 Å². The minimum absolute atomic E-state index is 0.111. The highest BCUT2D eigenvalue weighted by Gasteiger charge is 2.61. The zero-order valence-electron chi connectivity index (χ0n) is 38.8. The van der Waals surface area contributed by atoms with Crippen molar-refractivity contribution in [2.24, 2.45) is 52.3 Å². The van der Waals surface area contributed by atoms with Gasteiger partial charge in [0.1, 0.15) is 30.2 Å². The van der Waals surface area contributed by atoms with Gasteiger partial charge in [0, 0.05) is 12.8 Å². The molecular formula is C51H90O8. The first kappa shape index (κ1) is 49.0. The molecule has 14 atom stereocenters. The Bertz CT molecular complexity index is 1300. The van der Waals surface area contributed by atoms with Crippen LogP contribution in [-0.2, 0) is 19.0 Å². The van der Waals surface area contributed by atoms with Crippen LogP contribution in [-0.4, -0.2) is 69.8 Å². The molecule has 0 bridgehead atoms. The van der Waals surface area contributed by atoms with E-state index in [9.17, 15) is 25.2 Å². The van der Waals surface area contributed by atoms with E-state index in [4.69, 9.17) is 14.2 Å². The predicted octanol–water partition coefficient (Wildman–Crippen LogP) is 11.2. The molecule has 1 aliphatic heterocycles. The third-order valence-corrected chi connectivity index (χ3v) is 17.2. The summed E-state index contributed by atoms with van der Waals surface area (Å²) in [6.07, 6.45) is 22.1. The molecule has 14 unspecified atom stereocenters. The maximum Gasteiger partial charge on any atom is 0.310 e. The molecule has 1 heterocycles. The highest BCUT2D eigenvalue weighted by atomic mass is 16.7. The summed E-state index contributed by atoms with van der Waals surface area (Å²) in [5, 5.41) is 41.5. The highest BCUT2D eigenvalue weighted by molar-refractivity contribution is 5.70. The van der Waals surface area contributed by atoms with E-state index in [0.29, 0.717) is 41.9 Å². The monoisotopic (exact) mass is 831 g/mol. The van der Waals surface area contributed by atoms with Crippen LogP contribution in [0.4, 0.5) is 0 Å². The minimum atomic E-state index is -1.48. The average molecular weight is 831 g/mol. The van der Waals surface area contributed by atoms with E-state index in [1.807, 2.05) is 0 Å². The second-order valence-electron chi connectivity index (χ2n) is 21.3. The van der Waals surface area contributed by atoms with E-state index in [-0.39, 0.29) is 17.5 Å². The molecule has 8 nitrogen and oxygen atoms in total. The van der Waals surface area contributed by atoms with Crippen LogP contribution in [0.3, 0.4) is 0 Å². The fraction of sp³-hybridized carbons (Fsp3) is 0.941. The first-order valence-corrected chi connectivity index (χ1v) is 25.2. The second kappa shape index (κ2) is 23.1. The van der Waals surface area contributed by atoms with Crippen LogP contribution in [0.1, 0.15) is 209 Å². The molecule has 0 amide bonds. The molecule has 0 aromatic rings. The van der Waals surface area contributed by atoms with Gasteiger partial charge < -0.3 is 34.6 Å². The highest BCUT2D eigenvalue weighted by Crippen LogP contribution is 2.68. The molecule has 1 saturated heterocycles. The van der Waals surface area contributed by atoms with Gasteiger partial charge in [-0.25, -0.2) is 0 Å². The molecule has 0 aromatic heterocycles. The second-order valence-corrected chi connectivity index (χ2v) is 21.3. The van der Waals surface area contributed by atoms with E-state index >= 15 is 0 Å². The maximum atomic E-state index is 13.7. The Kier molecular flexibility index (Phi) is 19.1. The number of carbonyl (C=O) groups excluding carboxylic acids is 1. The van der Waals surface area contributed by atoms with Gasteiger partial charge in [-0.2, -0.15) is 0 Å². The lowest BCUT2D eigenvalue weighted by molar-refractivity contribution is -0.313. The predicted molar refractivity (Wildman–Crippen MR) is 236 cm³/mol. The van der Waals surface area contributed by atoms with Gasteiger partial charge in [0.05, 0.1) is 12.7 Å². The molecule has 342 valence electrons. The number of aliphatic hydroxyl groups is 4. The number of hydrogen-bond donors (Lipinski definition) is 4. The van der Waals surface area contributed by atoms with Crippen molar-refractivity contribution in [3.05, 3.63) is 11.3 Å². The summed E-state index contributed by atoms with van der Waals surface area (Å²) in [7, 11) is 0. The fourth-order valence-electron chi connectivity index (χ4n) is 13.4. The van der Waals surface area contributed by atoms with Gasteiger partial charge in [-0.05, 0) is 116 Å². The van der Waals surface area contributed by atoms with E-state index in [0.717, 1.165) is 55.6 Å². The summed E-state index contributed by atoms with van der Waals surface area (Å²) >= 11 is 0. The molecule has 4 fully saturated rings. The Morgan fingerprint density at radius 2 is 1.41 bits per heavy atom. The third kappa shape index (κ3) is 12.0. The number of fused-ring (bicyclic) bond motifs is 5. The van der Waals surface area contributed by atoms with E-state index in [1.54, 1.807) is 0 Å². The topological polar surface area (TPSA) is 126 Å². The number of esters is 1. The van der Waals surface area contributed by atoms with Gasteiger partial charge in [0.2, 0.25) is 0 Å². The van der Waals surface area contributed by atoms with Gasteiger partial charge in [-0.1, -0.05) is 138 Å². The zero-order valence-corrected chi connectivity index (χ0v) is 38.8. The number of allylic oxidation sites excluding steroid dienone is 1. The average Bonchev–Trinajstić information content (AvgIpc) is 3.57. The smallest absolute Gasteiger partial charge is 0.310 e. The van der Waals surface area contributed by atoms with Gasteiger partial charge >= 0.3 is 5.97 Å². The van der Waals surface area contributed by atoms with E-state index in [2.05, 4.69) is 48.5 Å². The van der Waals surface area contributed by atoms with Crippen molar-refractivity contribution in [1.82, 2.24) is 0 Å². The first-order chi connectivity index (χ1) is 28.3. The van der Waals surface area contributed by atoms with Crippen molar-refractivity contribution in [1.29, 1.82) is 0 Å². The van der Waals surface area contributed by atoms with Crippen molar-refractivity contribution >= 4 is 5.97 Å². The van der Waals surface area contributed by atoms with Crippen LogP contribution in [0.2, 0.25) is 0 Å². The lowest BCUT2D eigenvalue weighted by Gasteiger charge is -2.59. The van der Waals surface area contributed by atoms with Crippen LogP contribution in [0.5, 0.6) is 0 Å². The standard InChI is InChI=1S/C51H90O8/c1-8-10-11-12-13-14-15-16-17-18-19-20-21-22-45(53)58-43-32-38-40-26-25-39(35(5)23-24-36(9-2)34(3)4)50(40,6)30-28-41(38)51(7)29-27-37(31-42(43)51)57-49-48(56)47(55)46(54)44(33-52)59-49/h34-41,44,46-49,52,54-56H,8-33H2,1-7H3. The molecule has 0 spiro atoms. The first-order valence-electron chi connectivity index (χ1n) is 25.2. The molecule has 5 aliphatic rings. The molecule has 0 aromatic carbocycles. The molecule has 4 N–H and O–H groups in total. The molecule has 8 heteroatoms. The van der Waals surface area contributed by atoms with Crippen molar-refractivity contribution < 1.29 is 39.4 Å². The Hall–Kier alpha value is -1.03. The zero-order chi connectivity index (χ0) is 42.7. The number of unbranched alkanes of at least 4 members (excludes halogenated alkanes) is 12. The van der Waals surface area contributed by atoms with Gasteiger partial charge in [0.25, 0.3) is 0 Å². The van der Waals surface area contributed by atoms with Gasteiger partial charge in [-0.3, -0.25) is 4.79 Å². The third-order valence-electron chi connectivity index (χ3n) is 17.2. The lowest BCUT2D eigenvalue weighted by atomic mass is 9.46. The quantitative estimate of drug-likeness (QED) is 0.0560. The van der Waals surface area contributed by atoms with Crippen LogP contribution in [0, 0.1) is 52.3 Å². The lowest BCUT2D eigenvalue weighted by Crippen LogP contribution is -2.60. The Morgan fingerprint density at radius 1 is 0.763 bits per heavy atom. The summed E-state index contributed by atoms with van der Waals surface area (Å²) in [4.78, 5) is 13.7. The van der Waals surface area contributed by atoms with E-state index in [1.165, 1.54) is 121 Å². The summed E-state index contributed by atoms with van der Waals surface area (Å²) in [6.45, 7) is 16.5. The molecule has 5 rings (SSSR count). The van der Waals surface area contributed by atoms with E-state index < -0.39 is 37.3 Å². The molecule has 0 radical (unpaired) electrons. The number of rotatable bonds is 24. The normalized spacial score (nSPS) is 36.9. The number of carbonyl (C=O) groups is 1. The number of ether oxygens (including phenoxy) is 3. The van der Waals surface area contributed by atoms with Crippen molar-refractivity contribution in [3.8, 4) is 0 Å².